The Morgan fingerprint density at radius 1 is 1.23 bits per heavy atom. The standard InChI is InChI=1S/C9H20O4/c1-2-3-4-6-13-9(11)8-12-7-5-10/h9-11H,2-8H2,1H3. The van der Waals surface area contributed by atoms with Crippen LogP contribution in [0.5, 0.6) is 0 Å². The van der Waals surface area contributed by atoms with E-state index in [0.717, 1.165) is 19.3 Å². The van der Waals surface area contributed by atoms with Crippen LogP contribution < -0.4 is 0 Å². The van der Waals surface area contributed by atoms with Gasteiger partial charge in [-0.25, -0.2) is 0 Å². The molecule has 1 unspecified atom stereocenters. The zero-order valence-corrected chi connectivity index (χ0v) is 8.24. The van der Waals surface area contributed by atoms with Crippen molar-refractivity contribution in [2.45, 2.75) is 32.5 Å². The van der Waals surface area contributed by atoms with Gasteiger partial charge in [-0.15, -0.1) is 0 Å². The Labute approximate surface area is 79.5 Å². The first kappa shape index (κ1) is 12.8. The zero-order chi connectivity index (χ0) is 9.94. The van der Waals surface area contributed by atoms with Crippen LogP contribution >= 0.6 is 0 Å². The van der Waals surface area contributed by atoms with E-state index in [1.807, 2.05) is 0 Å². The molecule has 2 N–H and O–H groups in total. The normalized spacial score (nSPS) is 13.2. The Kier molecular flexibility index (Phi) is 9.80. The van der Waals surface area contributed by atoms with Crippen LogP contribution in [0.2, 0.25) is 0 Å². The van der Waals surface area contributed by atoms with Gasteiger partial charge in [-0.05, 0) is 6.42 Å². The number of ether oxygens (including phenoxy) is 2. The Bertz CT molecular complexity index is 97.6. The smallest absolute Gasteiger partial charge is 0.178 e. The zero-order valence-electron chi connectivity index (χ0n) is 8.24. The van der Waals surface area contributed by atoms with E-state index in [0.29, 0.717) is 6.61 Å². The molecule has 4 heteroatoms. The molecule has 0 rings (SSSR count). The second kappa shape index (κ2) is 9.92. The second-order valence-electron chi connectivity index (χ2n) is 2.83. The summed E-state index contributed by atoms with van der Waals surface area (Å²) in [6, 6.07) is 0. The predicted molar refractivity (Wildman–Crippen MR) is 49.4 cm³/mol. The lowest BCUT2D eigenvalue weighted by Crippen LogP contribution is -2.20. The van der Waals surface area contributed by atoms with Crippen molar-refractivity contribution >= 4 is 0 Å². The SMILES string of the molecule is CCCCCOC(O)COCCO. The molecule has 0 aliphatic carbocycles. The van der Waals surface area contributed by atoms with Crippen molar-refractivity contribution in [2.75, 3.05) is 26.4 Å². The quantitative estimate of drug-likeness (QED) is 0.413. The monoisotopic (exact) mass is 192 g/mol. The van der Waals surface area contributed by atoms with Crippen molar-refractivity contribution in [3.05, 3.63) is 0 Å². The highest BCUT2D eigenvalue weighted by molar-refractivity contribution is 4.40. The highest BCUT2D eigenvalue weighted by Crippen LogP contribution is 1.96. The maximum absolute atomic E-state index is 9.15. The Morgan fingerprint density at radius 3 is 2.62 bits per heavy atom. The fraction of sp³-hybridized carbons (Fsp3) is 1.00. The van der Waals surface area contributed by atoms with Gasteiger partial charge in [0.25, 0.3) is 0 Å². The lowest BCUT2D eigenvalue weighted by Gasteiger charge is -2.11. The van der Waals surface area contributed by atoms with Crippen molar-refractivity contribution in [1.82, 2.24) is 0 Å². The fourth-order valence-electron chi connectivity index (χ4n) is 0.868. The van der Waals surface area contributed by atoms with E-state index < -0.39 is 6.29 Å². The molecule has 0 aliphatic heterocycles. The molecule has 80 valence electrons. The molecule has 0 aromatic carbocycles. The second-order valence-corrected chi connectivity index (χ2v) is 2.83. The molecule has 0 saturated heterocycles. The van der Waals surface area contributed by atoms with Gasteiger partial charge in [0, 0.05) is 6.61 Å². The van der Waals surface area contributed by atoms with Crippen LogP contribution in [-0.4, -0.2) is 42.9 Å². The third kappa shape index (κ3) is 9.76. The van der Waals surface area contributed by atoms with Crippen LogP contribution in [0.4, 0.5) is 0 Å². The molecule has 1 atom stereocenters. The minimum atomic E-state index is -0.858. The van der Waals surface area contributed by atoms with Gasteiger partial charge in [0.2, 0.25) is 0 Å². The molecule has 0 amide bonds. The largest absolute Gasteiger partial charge is 0.394 e. The van der Waals surface area contributed by atoms with E-state index in [4.69, 9.17) is 19.7 Å². The van der Waals surface area contributed by atoms with E-state index in [-0.39, 0.29) is 19.8 Å². The summed E-state index contributed by atoms with van der Waals surface area (Å²) in [6.45, 7) is 3.03. The minimum absolute atomic E-state index is 0.0252. The van der Waals surface area contributed by atoms with Crippen molar-refractivity contribution in [2.24, 2.45) is 0 Å². The van der Waals surface area contributed by atoms with Crippen molar-refractivity contribution < 1.29 is 19.7 Å². The maximum Gasteiger partial charge on any atom is 0.178 e. The maximum atomic E-state index is 9.15. The summed E-state index contributed by atoms with van der Waals surface area (Å²) in [7, 11) is 0. The first-order valence-electron chi connectivity index (χ1n) is 4.79. The average Bonchev–Trinajstić information content (AvgIpc) is 2.13. The van der Waals surface area contributed by atoms with Gasteiger partial charge >= 0.3 is 0 Å². The Balaban J connectivity index is 3.05. The summed E-state index contributed by atoms with van der Waals surface area (Å²) >= 11 is 0. The lowest BCUT2D eigenvalue weighted by molar-refractivity contribution is -0.140. The number of hydrogen-bond acceptors (Lipinski definition) is 4. The Hall–Kier alpha value is -0.160. The molecule has 0 radical (unpaired) electrons. The summed E-state index contributed by atoms with van der Waals surface area (Å²) in [5.41, 5.74) is 0. The number of aliphatic hydroxyl groups excluding tert-OH is 2. The summed E-state index contributed by atoms with van der Waals surface area (Å²) in [4.78, 5) is 0. The van der Waals surface area contributed by atoms with Gasteiger partial charge in [0.1, 0.15) is 0 Å². The lowest BCUT2D eigenvalue weighted by atomic mass is 10.3. The van der Waals surface area contributed by atoms with E-state index >= 15 is 0 Å². The van der Waals surface area contributed by atoms with Gasteiger partial charge in [0.15, 0.2) is 6.29 Å². The Morgan fingerprint density at radius 2 is 2.00 bits per heavy atom. The van der Waals surface area contributed by atoms with Gasteiger partial charge in [0.05, 0.1) is 19.8 Å². The number of unbranched alkanes of at least 4 members (excludes halogenated alkanes) is 2. The molecule has 4 nitrogen and oxygen atoms in total. The molecule has 0 aliphatic rings. The minimum Gasteiger partial charge on any atom is -0.394 e. The molecule has 0 saturated carbocycles. The van der Waals surface area contributed by atoms with Crippen molar-refractivity contribution in [3.8, 4) is 0 Å². The molecule has 0 aromatic heterocycles. The van der Waals surface area contributed by atoms with Gasteiger partial charge in [-0.1, -0.05) is 19.8 Å². The predicted octanol–water partition coefficient (Wildman–Crippen LogP) is 0.520. The average molecular weight is 192 g/mol. The van der Waals surface area contributed by atoms with Gasteiger partial charge in [-0.3, -0.25) is 0 Å². The van der Waals surface area contributed by atoms with Gasteiger partial charge < -0.3 is 19.7 Å². The molecular formula is C9H20O4. The van der Waals surface area contributed by atoms with E-state index in [1.165, 1.54) is 0 Å². The molecule has 0 spiro atoms. The van der Waals surface area contributed by atoms with Crippen LogP contribution in [0.15, 0.2) is 0 Å². The third-order valence-corrected chi connectivity index (χ3v) is 1.55. The van der Waals surface area contributed by atoms with Crippen LogP contribution in [0.1, 0.15) is 26.2 Å². The van der Waals surface area contributed by atoms with Crippen LogP contribution in [0.3, 0.4) is 0 Å². The highest BCUT2D eigenvalue weighted by atomic mass is 16.6. The van der Waals surface area contributed by atoms with Crippen molar-refractivity contribution in [1.29, 1.82) is 0 Å². The number of rotatable bonds is 9. The number of hydrogen-bond donors (Lipinski definition) is 2. The summed E-state index contributed by atoms with van der Waals surface area (Å²) in [6.07, 6.45) is 2.36. The fourth-order valence-corrected chi connectivity index (χ4v) is 0.868. The van der Waals surface area contributed by atoms with Crippen LogP contribution in [0, 0.1) is 0 Å². The first-order valence-corrected chi connectivity index (χ1v) is 4.79. The van der Waals surface area contributed by atoms with Gasteiger partial charge in [-0.2, -0.15) is 0 Å². The topological polar surface area (TPSA) is 58.9 Å². The molecular weight excluding hydrogens is 172 g/mol. The summed E-state index contributed by atoms with van der Waals surface area (Å²) in [5, 5.41) is 17.5. The summed E-state index contributed by atoms with van der Waals surface area (Å²) < 4.78 is 9.92. The summed E-state index contributed by atoms with van der Waals surface area (Å²) in [5.74, 6) is 0. The first-order chi connectivity index (χ1) is 6.31. The number of aliphatic hydroxyl groups is 2. The van der Waals surface area contributed by atoms with Crippen molar-refractivity contribution in [3.63, 3.8) is 0 Å². The molecule has 0 heterocycles. The molecule has 0 fully saturated rings. The van der Waals surface area contributed by atoms with E-state index in [2.05, 4.69) is 6.92 Å². The highest BCUT2D eigenvalue weighted by Gasteiger charge is 2.02. The molecule has 0 bridgehead atoms. The van der Waals surface area contributed by atoms with Crippen LogP contribution in [0.25, 0.3) is 0 Å². The van der Waals surface area contributed by atoms with E-state index in [9.17, 15) is 0 Å². The molecule has 0 aromatic rings. The van der Waals surface area contributed by atoms with Crippen LogP contribution in [-0.2, 0) is 9.47 Å². The third-order valence-electron chi connectivity index (χ3n) is 1.55. The van der Waals surface area contributed by atoms with E-state index in [1.54, 1.807) is 0 Å². The molecule has 13 heavy (non-hydrogen) atoms.